The molecule has 10 nitrogen and oxygen atoms in total. The van der Waals surface area contributed by atoms with E-state index in [2.05, 4.69) is 16.2 Å². The summed E-state index contributed by atoms with van der Waals surface area (Å²) >= 11 is 0. The van der Waals surface area contributed by atoms with Crippen LogP contribution in [0.3, 0.4) is 0 Å². The van der Waals surface area contributed by atoms with Gasteiger partial charge in [-0.05, 0) is 24.6 Å². The van der Waals surface area contributed by atoms with E-state index in [0.29, 0.717) is 49.4 Å². The van der Waals surface area contributed by atoms with Gasteiger partial charge in [-0.1, -0.05) is 6.92 Å². The molecule has 0 bridgehead atoms. The Balaban J connectivity index is 1.62. The summed E-state index contributed by atoms with van der Waals surface area (Å²) in [4.78, 5) is 19.1. The molecule has 3 aromatic rings. The molecule has 0 spiro atoms. The molecule has 4 rings (SSSR count). The molecule has 4 heterocycles. The van der Waals surface area contributed by atoms with Gasteiger partial charge in [0.2, 0.25) is 0 Å². The van der Waals surface area contributed by atoms with Gasteiger partial charge in [0.05, 0.1) is 29.6 Å². The lowest BCUT2D eigenvalue weighted by atomic mass is 10.1. The number of aliphatic hydroxyl groups excluding tert-OH is 1. The molecule has 0 radical (unpaired) electrons. The number of hydrogen-bond donors (Lipinski definition) is 2. The van der Waals surface area contributed by atoms with Crippen LogP contribution in [0, 0.1) is 11.3 Å². The third kappa shape index (κ3) is 4.29. The lowest BCUT2D eigenvalue weighted by molar-refractivity contribution is 0.104. The van der Waals surface area contributed by atoms with Gasteiger partial charge in [-0.25, -0.2) is 14.3 Å². The summed E-state index contributed by atoms with van der Waals surface area (Å²) in [7, 11) is 0. The first-order valence-electron chi connectivity index (χ1n) is 10.4. The zero-order valence-corrected chi connectivity index (χ0v) is 17.7. The number of carbonyl (C=O) groups is 1. The Morgan fingerprint density at radius 2 is 2.06 bits per heavy atom. The van der Waals surface area contributed by atoms with Crippen molar-refractivity contribution in [2.24, 2.45) is 0 Å². The number of rotatable bonds is 6. The maximum absolute atomic E-state index is 11.1. The second-order valence-electron chi connectivity index (χ2n) is 7.59. The number of aliphatic hydroxyl groups is 1. The first-order valence-corrected chi connectivity index (χ1v) is 10.4. The van der Waals surface area contributed by atoms with Crippen LogP contribution in [0.4, 0.5) is 10.6 Å². The molecule has 0 aliphatic carbocycles. The second kappa shape index (κ2) is 9.11. The van der Waals surface area contributed by atoms with Crippen LogP contribution >= 0.6 is 0 Å². The molecule has 1 fully saturated rings. The highest BCUT2D eigenvalue weighted by atomic mass is 16.5. The molecule has 1 atom stereocenters. The van der Waals surface area contributed by atoms with Crippen molar-refractivity contribution >= 4 is 17.4 Å². The monoisotopic (exact) mass is 436 g/mol. The smallest absolute Gasteiger partial charge is 0.407 e. The number of carboxylic acid groups (broad SMARTS) is 1. The first kappa shape index (κ1) is 21.4. The molecule has 166 valence electrons. The van der Waals surface area contributed by atoms with Gasteiger partial charge in [-0.2, -0.15) is 10.4 Å². The van der Waals surface area contributed by atoms with Crippen LogP contribution in [0.1, 0.15) is 18.9 Å². The summed E-state index contributed by atoms with van der Waals surface area (Å²) in [6.07, 6.45) is 4.04. The van der Waals surface area contributed by atoms with Gasteiger partial charge in [-0.15, -0.1) is 0 Å². The molecule has 0 saturated carbocycles. The van der Waals surface area contributed by atoms with E-state index in [0.717, 1.165) is 16.9 Å². The van der Waals surface area contributed by atoms with Crippen LogP contribution in [-0.4, -0.2) is 74.7 Å². The number of fused-ring (bicyclic) bond motifs is 1. The van der Waals surface area contributed by atoms with Crippen LogP contribution < -0.4 is 9.64 Å². The highest BCUT2D eigenvalue weighted by molar-refractivity contribution is 5.85. The SMILES string of the molecule is CCC(O)COc1cc(-c2ccc(N3CCN(C(=O)O)CC3)nc2)c2c(C#N)cnn2c1. The van der Waals surface area contributed by atoms with E-state index in [4.69, 9.17) is 9.84 Å². The van der Waals surface area contributed by atoms with E-state index in [1.165, 1.54) is 11.1 Å². The predicted molar refractivity (Wildman–Crippen MR) is 117 cm³/mol. The Hall–Kier alpha value is -3.84. The first-order chi connectivity index (χ1) is 15.5. The van der Waals surface area contributed by atoms with Gasteiger partial charge in [0.25, 0.3) is 0 Å². The predicted octanol–water partition coefficient (Wildman–Crippen LogP) is 2.22. The van der Waals surface area contributed by atoms with Crippen molar-refractivity contribution < 1.29 is 19.7 Å². The molecule has 1 amide bonds. The Morgan fingerprint density at radius 3 is 2.69 bits per heavy atom. The summed E-state index contributed by atoms with van der Waals surface area (Å²) < 4.78 is 7.34. The number of nitriles is 1. The largest absolute Gasteiger partial charge is 0.489 e. The minimum atomic E-state index is -0.903. The summed E-state index contributed by atoms with van der Waals surface area (Å²) in [5.41, 5.74) is 2.63. The van der Waals surface area contributed by atoms with E-state index in [-0.39, 0.29) is 6.61 Å². The minimum absolute atomic E-state index is 0.160. The van der Waals surface area contributed by atoms with Crippen LogP contribution in [-0.2, 0) is 0 Å². The summed E-state index contributed by atoms with van der Waals surface area (Å²) in [6.45, 7) is 4.06. The van der Waals surface area contributed by atoms with E-state index in [9.17, 15) is 15.2 Å². The number of aromatic nitrogens is 3. The third-order valence-corrected chi connectivity index (χ3v) is 5.55. The Labute approximate surface area is 184 Å². The Kier molecular flexibility index (Phi) is 6.09. The molecule has 1 aliphatic heterocycles. The molecule has 32 heavy (non-hydrogen) atoms. The van der Waals surface area contributed by atoms with Gasteiger partial charge in [0.1, 0.15) is 24.2 Å². The van der Waals surface area contributed by atoms with Gasteiger partial charge >= 0.3 is 6.09 Å². The Morgan fingerprint density at radius 1 is 1.28 bits per heavy atom. The van der Waals surface area contributed by atoms with E-state index < -0.39 is 12.2 Å². The highest BCUT2D eigenvalue weighted by Crippen LogP contribution is 2.31. The zero-order chi connectivity index (χ0) is 22.7. The third-order valence-electron chi connectivity index (χ3n) is 5.55. The van der Waals surface area contributed by atoms with Gasteiger partial charge < -0.3 is 24.7 Å². The minimum Gasteiger partial charge on any atom is -0.489 e. The molecule has 0 aromatic carbocycles. The fraction of sp³-hybridized carbons (Fsp3) is 0.364. The van der Waals surface area contributed by atoms with Crippen LogP contribution in [0.5, 0.6) is 5.75 Å². The van der Waals surface area contributed by atoms with Crippen molar-refractivity contribution in [3.05, 3.63) is 42.4 Å². The van der Waals surface area contributed by atoms with E-state index >= 15 is 0 Å². The fourth-order valence-corrected chi connectivity index (χ4v) is 3.65. The van der Waals surface area contributed by atoms with Gasteiger partial charge in [0, 0.05) is 43.5 Å². The average Bonchev–Trinajstić information content (AvgIpc) is 3.25. The number of piperazine rings is 1. The van der Waals surface area contributed by atoms with Crippen LogP contribution in [0.2, 0.25) is 0 Å². The van der Waals surface area contributed by atoms with Gasteiger partial charge in [0.15, 0.2) is 0 Å². The van der Waals surface area contributed by atoms with Crippen LogP contribution in [0.15, 0.2) is 36.8 Å². The average molecular weight is 436 g/mol. The summed E-state index contributed by atoms with van der Waals surface area (Å²) in [5.74, 6) is 1.30. The topological polar surface area (TPSA) is 127 Å². The molecule has 10 heteroatoms. The number of ether oxygens (including phenoxy) is 1. The van der Waals surface area contributed by atoms with Crippen molar-refractivity contribution in [2.75, 3.05) is 37.7 Å². The molecule has 1 unspecified atom stereocenters. The maximum Gasteiger partial charge on any atom is 0.407 e. The molecule has 1 saturated heterocycles. The highest BCUT2D eigenvalue weighted by Gasteiger charge is 2.21. The Bertz CT molecular complexity index is 1150. The molecular formula is C22H24N6O4. The van der Waals surface area contributed by atoms with Crippen molar-refractivity contribution in [3.63, 3.8) is 0 Å². The fourth-order valence-electron chi connectivity index (χ4n) is 3.65. The second-order valence-corrected chi connectivity index (χ2v) is 7.59. The summed E-state index contributed by atoms with van der Waals surface area (Å²) in [5, 5.41) is 32.7. The quantitative estimate of drug-likeness (QED) is 0.602. The maximum atomic E-state index is 11.1. The van der Waals surface area contributed by atoms with E-state index in [1.807, 2.05) is 30.0 Å². The van der Waals surface area contributed by atoms with E-state index in [1.54, 1.807) is 16.9 Å². The number of nitrogens with zero attached hydrogens (tertiary/aromatic N) is 6. The van der Waals surface area contributed by atoms with Gasteiger partial charge in [-0.3, -0.25) is 0 Å². The lowest BCUT2D eigenvalue weighted by Gasteiger charge is -2.33. The lowest BCUT2D eigenvalue weighted by Crippen LogP contribution is -2.48. The van der Waals surface area contributed by atoms with Crippen molar-refractivity contribution in [1.29, 1.82) is 5.26 Å². The normalized spacial score (nSPS) is 14.9. The molecule has 3 aromatic heterocycles. The zero-order valence-electron chi connectivity index (χ0n) is 17.7. The molecule has 2 N–H and O–H groups in total. The van der Waals surface area contributed by atoms with Crippen molar-refractivity contribution in [2.45, 2.75) is 19.4 Å². The molecular weight excluding hydrogens is 412 g/mol. The number of amides is 1. The standard InChI is InChI=1S/C22H24N6O4/c1-2-17(29)14-32-18-9-19(21-16(10-23)12-25-28(21)13-18)15-3-4-20(24-11-15)26-5-7-27(8-6-26)22(30)31/h3-4,9,11-13,17,29H,2,5-8,14H2,1H3,(H,30,31). The molecule has 1 aliphatic rings. The van der Waals surface area contributed by atoms with Crippen molar-refractivity contribution in [3.8, 4) is 22.9 Å². The number of anilines is 1. The van der Waals surface area contributed by atoms with Crippen LogP contribution in [0.25, 0.3) is 16.6 Å². The summed E-state index contributed by atoms with van der Waals surface area (Å²) in [6, 6.07) is 7.80. The number of hydrogen-bond acceptors (Lipinski definition) is 7. The number of pyridine rings is 2. The van der Waals surface area contributed by atoms with Crippen molar-refractivity contribution in [1.82, 2.24) is 19.5 Å².